The molecule has 0 radical (unpaired) electrons. The van der Waals surface area contributed by atoms with Gasteiger partial charge in [0.2, 0.25) is 0 Å². The lowest BCUT2D eigenvalue weighted by molar-refractivity contribution is 0.0448. The Balaban J connectivity index is 2.54. The van der Waals surface area contributed by atoms with Gasteiger partial charge in [0.1, 0.15) is 5.60 Å². The number of alkyl carbamates (subject to hydrolysis) is 1. The van der Waals surface area contributed by atoms with E-state index in [0.717, 1.165) is 38.4 Å². The van der Waals surface area contributed by atoms with Gasteiger partial charge in [-0.15, -0.1) is 0 Å². The molecule has 158 valence electrons. The SMILES string of the molecule is CCN1CCC(CNC(=NC)NCC(CC)(CC)NC(=O)OC(C)(C)C)C1. The first-order valence-electron chi connectivity index (χ1n) is 10.3. The van der Waals surface area contributed by atoms with Gasteiger partial charge in [-0.2, -0.15) is 0 Å². The van der Waals surface area contributed by atoms with Gasteiger partial charge in [-0.1, -0.05) is 20.8 Å². The van der Waals surface area contributed by atoms with Gasteiger partial charge in [0.15, 0.2) is 5.96 Å². The van der Waals surface area contributed by atoms with Crippen molar-refractivity contribution in [1.29, 1.82) is 0 Å². The molecule has 0 aliphatic carbocycles. The first-order chi connectivity index (χ1) is 12.7. The van der Waals surface area contributed by atoms with Crippen LogP contribution in [0.25, 0.3) is 0 Å². The van der Waals surface area contributed by atoms with E-state index in [1.807, 2.05) is 20.8 Å². The highest BCUT2D eigenvalue weighted by atomic mass is 16.6. The van der Waals surface area contributed by atoms with E-state index in [1.165, 1.54) is 13.0 Å². The molecule has 0 spiro atoms. The monoisotopic (exact) mass is 383 g/mol. The molecule has 1 fully saturated rings. The third-order valence-electron chi connectivity index (χ3n) is 5.31. The Morgan fingerprint density at radius 2 is 1.85 bits per heavy atom. The van der Waals surface area contributed by atoms with Gasteiger partial charge in [-0.05, 0) is 59.0 Å². The molecule has 0 bridgehead atoms. The summed E-state index contributed by atoms with van der Waals surface area (Å²) in [5.41, 5.74) is -0.873. The topological polar surface area (TPSA) is 78.0 Å². The Hall–Kier alpha value is -1.50. The summed E-state index contributed by atoms with van der Waals surface area (Å²) >= 11 is 0. The van der Waals surface area contributed by atoms with Crippen molar-refractivity contribution in [2.24, 2.45) is 10.9 Å². The summed E-state index contributed by atoms with van der Waals surface area (Å²) in [6, 6.07) is 0. The number of amides is 1. The van der Waals surface area contributed by atoms with Crippen LogP contribution in [-0.4, -0.2) is 67.9 Å². The lowest BCUT2D eigenvalue weighted by Crippen LogP contribution is -2.57. The Morgan fingerprint density at radius 3 is 2.33 bits per heavy atom. The average Bonchev–Trinajstić information content (AvgIpc) is 3.07. The highest BCUT2D eigenvalue weighted by Crippen LogP contribution is 2.17. The zero-order valence-corrected chi connectivity index (χ0v) is 18.4. The lowest BCUT2D eigenvalue weighted by atomic mass is 9.93. The maximum Gasteiger partial charge on any atom is 0.408 e. The fraction of sp³-hybridized carbons (Fsp3) is 0.900. The maximum atomic E-state index is 12.3. The number of guanidine groups is 1. The summed E-state index contributed by atoms with van der Waals surface area (Å²) in [5, 5.41) is 9.88. The quantitative estimate of drug-likeness (QED) is 0.444. The first kappa shape index (κ1) is 23.5. The maximum absolute atomic E-state index is 12.3. The number of aliphatic imine (C=N–C) groups is 1. The minimum absolute atomic E-state index is 0.369. The molecule has 0 aromatic carbocycles. The van der Waals surface area contributed by atoms with Crippen molar-refractivity contribution in [3.05, 3.63) is 0 Å². The molecular weight excluding hydrogens is 342 g/mol. The van der Waals surface area contributed by atoms with Crippen LogP contribution in [0.3, 0.4) is 0 Å². The molecule has 0 aromatic rings. The van der Waals surface area contributed by atoms with E-state index in [-0.39, 0.29) is 11.6 Å². The number of carbonyl (C=O) groups excluding carboxylic acids is 1. The van der Waals surface area contributed by atoms with Crippen LogP contribution in [0.2, 0.25) is 0 Å². The highest BCUT2D eigenvalue weighted by Gasteiger charge is 2.31. The second-order valence-electron chi connectivity index (χ2n) is 8.47. The largest absolute Gasteiger partial charge is 0.444 e. The van der Waals surface area contributed by atoms with Gasteiger partial charge in [-0.25, -0.2) is 4.79 Å². The molecule has 7 nitrogen and oxygen atoms in total. The number of rotatable bonds is 8. The van der Waals surface area contributed by atoms with Gasteiger partial charge < -0.3 is 25.6 Å². The lowest BCUT2D eigenvalue weighted by Gasteiger charge is -2.34. The van der Waals surface area contributed by atoms with Crippen LogP contribution < -0.4 is 16.0 Å². The molecule has 27 heavy (non-hydrogen) atoms. The standard InChI is InChI=1S/C20H41N5O2/c1-8-20(9-2,24-18(26)27-19(4,5)6)15-23-17(21-7)22-13-16-11-12-25(10-3)14-16/h16H,8-15H2,1-7H3,(H,24,26)(H2,21,22,23). The van der Waals surface area contributed by atoms with Crippen LogP contribution >= 0.6 is 0 Å². The molecule has 7 heteroatoms. The smallest absolute Gasteiger partial charge is 0.408 e. The van der Waals surface area contributed by atoms with Crippen LogP contribution in [0.1, 0.15) is 60.8 Å². The summed E-state index contributed by atoms with van der Waals surface area (Å²) in [4.78, 5) is 19.1. The van der Waals surface area contributed by atoms with E-state index < -0.39 is 5.60 Å². The van der Waals surface area contributed by atoms with Crippen molar-refractivity contribution >= 4 is 12.1 Å². The summed E-state index contributed by atoms with van der Waals surface area (Å²) in [5.74, 6) is 1.44. The van der Waals surface area contributed by atoms with Crippen LogP contribution in [0.4, 0.5) is 4.79 Å². The summed E-state index contributed by atoms with van der Waals surface area (Å²) in [6.45, 7) is 17.0. The minimum atomic E-state index is -0.504. The summed E-state index contributed by atoms with van der Waals surface area (Å²) in [6.07, 6.45) is 2.47. The predicted molar refractivity (Wildman–Crippen MR) is 112 cm³/mol. The normalized spacial score (nSPS) is 19.1. The molecule has 1 heterocycles. The molecular formula is C20H41N5O2. The van der Waals surface area contributed by atoms with Crippen LogP contribution in [0.5, 0.6) is 0 Å². The molecule has 0 saturated carbocycles. The third-order valence-corrected chi connectivity index (χ3v) is 5.31. The zero-order valence-electron chi connectivity index (χ0n) is 18.4. The van der Waals surface area contributed by atoms with Crippen molar-refractivity contribution in [3.8, 4) is 0 Å². The van der Waals surface area contributed by atoms with E-state index in [9.17, 15) is 4.79 Å². The highest BCUT2D eigenvalue weighted by molar-refractivity contribution is 5.79. The van der Waals surface area contributed by atoms with E-state index >= 15 is 0 Å². The Morgan fingerprint density at radius 1 is 1.19 bits per heavy atom. The van der Waals surface area contributed by atoms with E-state index in [1.54, 1.807) is 7.05 Å². The molecule has 0 aromatic heterocycles. The van der Waals surface area contributed by atoms with E-state index in [4.69, 9.17) is 4.74 Å². The van der Waals surface area contributed by atoms with E-state index in [2.05, 4.69) is 46.6 Å². The molecule has 1 amide bonds. The summed E-state index contributed by atoms with van der Waals surface area (Å²) in [7, 11) is 1.78. The Kier molecular flexibility index (Phi) is 9.36. The molecule has 1 aliphatic rings. The number of hydrogen-bond acceptors (Lipinski definition) is 4. The fourth-order valence-corrected chi connectivity index (χ4v) is 3.32. The number of hydrogen-bond donors (Lipinski definition) is 3. The fourth-order valence-electron chi connectivity index (χ4n) is 3.32. The molecule has 1 atom stereocenters. The number of likely N-dealkylation sites (tertiary alicyclic amines) is 1. The van der Waals surface area contributed by atoms with Crippen molar-refractivity contribution in [3.63, 3.8) is 0 Å². The molecule has 3 N–H and O–H groups in total. The second-order valence-corrected chi connectivity index (χ2v) is 8.47. The van der Waals surface area contributed by atoms with Crippen molar-refractivity contribution in [2.45, 2.75) is 71.9 Å². The van der Waals surface area contributed by atoms with Crippen LogP contribution in [-0.2, 0) is 4.74 Å². The van der Waals surface area contributed by atoms with Crippen LogP contribution in [0, 0.1) is 5.92 Å². The number of nitrogens with zero attached hydrogens (tertiary/aromatic N) is 2. The Labute approximate surface area is 165 Å². The van der Waals surface area contributed by atoms with Gasteiger partial charge >= 0.3 is 6.09 Å². The van der Waals surface area contributed by atoms with E-state index in [0.29, 0.717) is 12.5 Å². The number of carbonyl (C=O) groups is 1. The number of nitrogens with one attached hydrogen (secondary N) is 3. The van der Waals surface area contributed by atoms with Gasteiger partial charge in [-0.3, -0.25) is 4.99 Å². The molecule has 1 aliphatic heterocycles. The molecule has 1 unspecified atom stereocenters. The van der Waals surface area contributed by atoms with Crippen molar-refractivity contribution in [2.75, 3.05) is 39.8 Å². The predicted octanol–water partition coefficient (Wildman–Crippen LogP) is 2.58. The zero-order chi connectivity index (χ0) is 20.5. The Bertz CT molecular complexity index is 483. The van der Waals surface area contributed by atoms with Gasteiger partial charge in [0.05, 0.1) is 5.54 Å². The van der Waals surface area contributed by atoms with Gasteiger partial charge in [0.25, 0.3) is 0 Å². The third kappa shape index (κ3) is 8.37. The minimum Gasteiger partial charge on any atom is -0.444 e. The van der Waals surface area contributed by atoms with Crippen molar-refractivity contribution in [1.82, 2.24) is 20.9 Å². The second kappa shape index (κ2) is 10.7. The molecule has 1 saturated heterocycles. The first-order valence-corrected chi connectivity index (χ1v) is 10.3. The van der Waals surface area contributed by atoms with Crippen LogP contribution in [0.15, 0.2) is 4.99 Å². The number of ether oxygens (including phenoxy) is 1. The average molecular weight is 384 g/mol. The molecule has 1 rings (SSSR count). The van der Waals surface area contributed by atoms with Gasteiger partial charge in [0, 0.05) is 26.7 Å². The summed E-state index contributed by atoms with van der Waals surface area (Å²) < 4.78 is 5.44. The van der Waals surface area contributed by atoms with Crippen molar-refractivity contribution < 1.29 is 9.53 Å².